The standard InChI is InChI=1S/C23H20O4/c1-25-21-8-4-7-18-20(24)14-19(23(22(18)21)26-11-12-27-23)17-10-9-15-5-2-3-6-16(15)13-17/h2-10,13,19H,11-12,14H2,1H3. The van der Waals surface area contributed by atoms with Crippen molar-refractivity contribution in [2.75, 3.05) is 20.3 Å². The molecular weight excluding hydrogens is 340 g/mol. The van der Waals surface area contributed by atoms with Crippen LogP contribution in [0.3, 0.4) is 0 Å². The predicted octanol–water partition coefficient (Wildman–Crippen LogP) is 4.42. The summed E-state index contributed by atoms with van der Waals surface area (Å²) in [6.45, 7) is 0.992. The Bertz CT molecular complexity index is 1030. The Balaban J connectivity index is 1.73. The molecule has 1 aliphatic heterocycles. The van der Waals surface area contributed by atoms with Crippen LogP contribution in [0.2, 0.25) is 0 Å². The fourth-order valence-corrected chi connectivity index (χ4v) is 4.43. The SMILES string of the molecule is COc1cccc2c1C1(OCCO1)C(c1ccc3ccccc3c1)CC2=O. The van der Waals surface area contributed by atoms with E-state index >= 15 is 0 Å². The van der Waals surface area contributed by atoms with Crippen molar-refractivity contribution in [2.24, 2.45) is 0 Å². The zero-order valence-electron chi connectivity index (χ0n) is 15.1. The van der Waals surface area contributed by atoms with Gasteiger partial charge < -0.3 is 14.2 Å². The average Bonchev–Trinajstić information content (AvgIpc) is 3.20. The minimum atomic E-state index is -0.988. The normalized spacial score (nSPS) is 20.8. The number of methoxy groups -OCH3 is 1. The zero-order valence-corrected chi connectivity index (χ0v) is 15.1. The van der Waals surface area contributed by atoms with E-state index in [4.69, 9.17) is 14.2 Å². The maximum absolute atomic E-state index is 13.0. The fourth-order valence-electron chi connectivity index (χ4n) is 4.43. The summed E-state index contributed by atoms with van der Waals surface area (Å²) >= 11 is 0. The number of carbonyl (C=O) groups is 1. The summed E-state index contributed by atoms with van der Waals surface area (Å²) in [5.41, 5.74) is 2.40. The Labute approximate surface area is 157 Å². The van der Waals surface area contributed by atoms with Gasteiger partial charge in [0, 0.05) is 12.0 Å². The first-order valence-corrected chi connectivity index (χ1v) is 9.20. The molecule has 1 fully saturated rings. The summed E-state index contributed by atoms with van der Waals surface area (Å²) in [6, 6.07) is 20.1. The topological polar surface area (TPSA) is 44.8 Å². The van der Waals surface area contributed by atoms with Gasteiger partial charge in [0.1, 0.15) is 5.75 Å². The van der Waals surface area contributed by atoms with Crippen LogP contribution in [0.15, 0.2) is 60.7 Å². The van der Waals surface area contributed by atoms with Crippen LogP contribution >= 0.6 is 0 Å². The summed E-state index contributed by atoms with van der Waals surface area (Å²) in [7, 11) is 1.61. The smallest absolute Gasteiger partial charge is 0.206 e. The summed E-state index contributed by atoms with van der Waals surface area (Å²) in [5, 5.41) is 2.31. The van der Waals surface area contributed by atoms with Crippen LogP contribution in [0.25, 0.3) is 10.8 Å². The molecule has 0 aromatic heterocycles. The molecule has 0 radical (unpaired) electrons. The van der Waals surface area contributed by atoms with E-state index in [-0.39, 0.29) is 11.7 Å². The van der Waals surface area contributed by atoms with E-state index in [2.05, 4.69) is 30.3 Å². The lowest BCUT2D eigenvalue weighted by molar-refractivity contribution is -0.187. The second-order valence-electron chi connectivity index (χ2n) is 7.03. The molecule has 0 amide bonds. The number of hydrogen-bond donors (Lipinski definition) is 0. The second kappa shape index (κ2) is 6.19. The molecule has 1 aliphatic carbocycles. The molecule has 136 valence electrons. The van der Waals surface area contributed by atoms with E-state index in [1.807, 2.05) is 30.3 Å². The molecular formula is C23H20O4. The van der Waals surface area contributed by atoms with E-state index in [1.54, 1.807) is 7.11 Å². The molecule has 4 nitrogen and oxygen atoms in total. The highest BCUT2D eigenvalue weighted by molar-refractivity contribution is 6.00. The maximum atomic E-state index is 13.0. The first-order valence-electron chi connectivity index (χ1n) is 9.20. The van der Waals surface area contributed by atoms with Crippen molar-refractivity contribution in [1.29, 1.82) is 0 Å². The van der Waals surface area contributed by atoms with Crippen molar-refractivity contribution in [3.05, 3.63) is 77.4 Å². The molecule has 1 heterocycles. The molecule has 2 aliphatic rings. The first kappa shape index (κ1) is 16.5. The Morgan fingerprint density at radius 3 is 2.52 bits per heavy atom. The van der Waals surface area contributed by atoms with Crippen molar-refractivity contribution in [2.45, 2.75) is 18.1 Å². The van der Waals surface area contributed by atoms with E-state index in [1.165, 1.54) is 5.39 Å². The Morgan fingerprint density at radius 2 is 1.74 bits per heavy atom. The lowest BCUT2D eigenvalue weighted by atomic mass is 9.74. The lowest BCUT2D eigenvalue weighted by Crippen LogP contribution is -2.41. The second-order valence-corrected chi connectivity index (χ2v) is 7.03. The number of hydrogen-bond acceptors (Lipinski definition) is 4. The lowest BCUT2D eigenvalue weighted by Gasteiger charge is -2.41. The van der Waals surface area contributed by atoms with Crippen molar-refractivity contribution < 1.29 is 19.0 Å². The molecule has 27 heavy (non-hydrogen) atoms. The van der Waals surface area contributed by atoms with Crippen LogP contribution in [-0.2, 0) is 15.3 Å². The highest BCUT2D eigenvalue weighted by atomic mass is 16.7. The van der Waals surface area contributed by atoms with Crippen LogP contribution in [0.5, 0.6) is 5.75 Å². The molecule has 0 saturated carbocycles. The molecule has 1 spiro atoms. The molecule has 1 atom stereocenters. The van der Waals surface area contributed by atoms with Gasteiger partial charge in [0.15, 0.2) is 5.78 Å². The Morgan fingerprint density at radius 1 is 0.963 bits per heavy atom. The van der Waals surface area contributed by atoms with Gasteiger partial charge in [-0.1, -0.05) is 54.6 Å². The average molecular weight is 360 g/mol. The number of ketones is 1. The number of carbonyl (C=O) groups excluding carboxylic acids is 1. The van der Waals surface area contributed by atoms with Gasteiger partial charge in [0.2, 0.25) is 5.79 Å². The monoisotopic (exact) mass is 360 g/mol. The number of Topliss-reactive ketones (excluding diaryl/α,β-unsaturated/α-hetero) is 1. The molecule has 5 rings (SSSR count). The number of fused-ring (bicyclic) bond motifs is 3. The third-order valence-corrected chi connectivity index (χ3v) is 5.64. The quantitative estimate of drug-likeness (QED) is 0.679. The molecule has 4 heteroatoms. The van der Waals surface area contributed by atoms with Crippen molar-refractivity contribution in [3.63, 3.8) is 0 Å². The molecule has 3 aromatic carbocycles. The van der Waals surface area contributed by atoms with E-state index in [9.17, 15) is 4.79 Å². The van der Waals surface area contributed by atoms with Crippen LogP contribution in [0.1, 0.15) is 33.8 Å². The largest absolute Gasteiger partial charge is 0.496 e. The van der Waals surface area contributed by atoms with E-state index < -0.39 is 5.79 Å². The van der Waals surface area contributed by atoms with Crippen molar-refractivity contribution >= 4 is 16.6 Å². The van der Waals surface area contributed by atoms with Crippen LogP contribution < -0.4 is 4.74 Å². The summed E-state index contributed by atoms with van der Waals surface area (Å²) in [6.07, 6.45) is 0.346. The zero-order chi connectivity index (χ0) is 18.4. The molecule has 0 N–H and O–H groups in total. The van der Waals surface area contributed by atoms with Gasteiger partial charge in [-0.15, -0.1) is 0 Å². The van der Waals surface area contributed by atoms with Gasteiger partial charge in [0.25, 0.3) is 0 Å². The maximum Gasteiger partial charge on any atom is 0.206 e. The Hall–Kier alpha value is -2.69. The van der Waals surface area contributed by atoms with Gasteiger partial charge in [-0.2, -0.15) is 0 Å². The fraction of sp³-hybridized carbons (Fsp3) is 0.261. The third-order valence-electron chi connectivity index (χ3n) is 5.64. The van der Waals surface area contributed by atoms with Crippen LogP contribution in [-0.4, -0.2) is 26.1 Å². The molecule has 1 unspecified atom stereocenters. The van der Waals surface area contributed by atoms with E-state index in [0.717, 1.165) is 16.5 Å². The van der Waals surface area contributed by atoms with Gasteiger partial charge >= 0.3 is 0 Å². The van der Waals surface area contributed by atoms with Gasteiger partial charge in [-0.3, -0.25) is 4.79 Å². The number of benzene rings is 3. The van der Waals surface area contributed by atoms with Crippen molar-refractivity contribution in [3.8, 4) is 5.75 Å². The number of rotatable bonds is 2. The Kier molecular flexibility index (Phi) is 3.78. The molecule has 3 aromatic rings. The first-order chi connectivity index (χ1) is 13.2. The highest BCUT2D eigenvalue weighted by Gasteiger charge is 2.54. The third kappa shape index (κ3) is 2.41. The predicted molar refractivity (Wildman–Crippen MR) is 102 cm³/mol. The van der Waals surface area contributed by atoms with Gasteiger partial charge in [-0.25, -0.2) is 0 Å². The van der Waals surface area contributed by atoms with Crippen LogP contribution in [0.4, 0.5) is 0 Å². The van der Waals surface area contributed by atoms with E-state index in [0.29, 0.717) is 30.9 Å². The molecule has 0 bridgehead atoms. The molecule has 1 saturated heterocycles. The van der Waals surface area contributed by atoms with Gasteiger partial charge in [0.05, 0.1) is 31.8 Å². The minimum Gasteiger partial charge on any atom is -0.496 e. The van der Waals surface area contributed by atoms with Crippen LogP contribution in [0, 0.1) is 0 Å². The summed E-state index contributed by atoms with van der Waals surface area (Å²) in [4.78, 5) is 13.0. The van der Waals surface area contributed by atoms with Gasteiger partial charge in [-0.05, 0) is 22.4 Å². The minimum absolute atomic E-state index is 0.0896. The highest BCUT2D eigenvalue weighted by Crippen LogP contribution is 2.53. The summed E-state index contributed by atoms with van der Waals surface area (Å²) in [5.74, 6) is -0.487. The number of ether oxygens (including phenoxy) is 3. The summed E-state index contributed by atoms with van der Waals surface area (Å²) < 4.78 is 18.0. The van der Waals surface area contributed by atoms with Crippen molar-refractivity contribution in [1.82, 2.24) is 0 Å².